The van der Waals surface area contributed by atoms with Crippen molar-refractivity contribution in [1.82, 2.24) is 5.32 Å². The van der Waals surface area contributed by atoms with Crippen molar-refractivity contribution in [3.63, 3.8) is 0 Å². The van der Waals surface area contributed by atoms with E-state index in [9.17, 15) is 0 Å². The highest BCUT2D eigenvalue weighted by molar-refractivity contribution is 5.60. The highest BCUT2D eigenvalue weighted by Gasteiger charge is 2.19. The number of hydrogen-bond acceptors (Lipinski definition) is 3. The Balaban J connectivity index is 2.12. The lowest BCUT2D eigenvalue weighted by atomic mass is 9.99. The Morgan fingerprint density at radius 3 is 2.90 bits per heavy atom. The molecule has 0 radical (unpaired) electrons. The monoisotopic (exact) mass is 290 g/mol. The van der Waals surface area contributed by atoms with Crippen molar-refractivity contribution in [2.24, 2.45) is 5.92 Å². The highest BCUT2D eigenvalue weighted by atomic mass is 16.5. The predicted octanol–water partition coefficient (Wildman–Crippen LogP) is 3.82. The van der Waals surface area contributed by atoms with Crippen LogP contribution in [0.1, 0.15) is 45.6 Å². The van der Waals surface area contributed by atoms with Crippen LogP contribution < -0.4 is 15.0 Å². The predicted molar refractivity (Wildman–Crippen MR) is 90.2 cm³/mol. The van der Waals surface area contributed by atoms with Crippen LogP contribution in [0.4, 0.5) is 5.69 Å². The van der Waals surface area contributed by atoms with Crippen molar-refractivity contribution in [2.75, 3.05) is 31.1 Å². The second-order valence-corrected chi connectivity index (χ2v) is 6.11. The Morgan fingerprint density at radius 2 is 2.19 bits per heavy atom. The van der Waals surface area contributed by atoms with Gasteiger partial charge in [0.1, 0.15) is 5.75 Å². The second-order valence-electron chi connectivity index (χ2n) is 6.11. The molecule has 1 aromatic carbocycles. The van der Waals surface area contributed by atoms with Crippen LogP contribution in [0.3, 0.4) is 0 Å². The van der Waals surface area contributed by atoms with E-state index in [4.69, 9.17) is 4.74 Å². The van der Waals surface area contributed by atoms with Crippen LogP contribution in [0.2, 0.25) is 0 Å². The summed E-state index contributed by atoms with van der Waals surface area (Å²) in [6.45, 7) is 11.6. The zero-order valence-electron chi connectivity index (χ0n) is 13.8. The lowest BCUT2D eigenvalue weighted by Crippen LogP contribution is -2.34. The molecule has 1 N–H and O–H groups in total. The lowest BCUT2D eigenvalue weighted by Gasteiger charge is -2.34. The van der Waals surface area contributed by atoms with Crippen LogP contribution >= 0.6 is 0 Å². The first-order valence-corrected chi connectivity index (χ1v) is 8.46. The zero-order valence-corrected chi connectivity index (χ0v) is 13.8. The molecule has 1 aromatic rings. The number of nitrogens with one attached hydrogen (secondary N) is 1. The van der Waals surface area contributed by atoms with Gasteiger partial charge in [0.2, 0.25) is 0 Å². The molecule has 0 saturated carbocycles. The van der Waals surface area contributed by atoms with Crippen molar-refractivity contribution >= 4 is 5.69 Å². The smallest absolute Gasteiger partial charge is 0.142 e. The van der Waals surface area contributed by atoms with Gasteiger partial charge < -0.3 is 15.0 Å². The van der Waals surface area contributed by atoms with E-state index in [2.05, 4.69) is 49.2 Å². The number of anilines is 1. The third-order valence-electron chi connectivity index (χ3n) is 4.08. The van der Waals surface area contributed by atoms with E-state index in [0.29, 0.717) is 0 Å². The molecule has 1 aliphatic rings. The Morgan fingerprint density at radius 1 is 1.33 bits per heavy atom. The molecule has 3 nitrogen and oxygen atoms in total. The summed E-state index contributed by atoms with van der Waals surface area (Å²) in [6.07, 6.45) is 3.80. The van der Waals surface area contributed by atoms with Gasteiger partial charge in [-0.1, -0.05) is 19.9 Å². The van der Waals surface area contributed by atoms with Crippen molar-refractivity contribution in [3.05, 3.63) is 23.8 Å². The summed E-state index contributed by atoms with van der Waals surface area (Å²) in [7, 11) is 0. The molecule has 1 unspecified atom stereocenters. The van der Waals surface area contributed by atoms with Crippen molar-refractivity contribution in [2.45, 2.75) is 46.6 Å². The largest absolute Gasteiger partial charge is 0.492 e. The molecule has 21 heavy (non-hydrogen) atoms. The van der Waals surface area contributed by atoms with Crippen molar-refractivity contribution in [1.29, 1.82) is 0 Å². The minimum absolute atomic E-state index is 0.724. The summed E-state index contributed by atoms with van der Waals surface area (Å²) >= 11 is 0. The molecule has 0 aliphatic carbocycles. The van der Waals surface area contributed by atoms with Gasteiger partial charge in [0, 0.05) is 19.6 Å². The molecule has 2 rings (SSSR count). The molecule has 1 aliphatic heterocycles. The normalized spacial score (nSPS) is 18.8. The molecule has 0 aromatic heterocycles. The average Bonchev–Trinajstić information content (AvgIpc) is 2.48. The van der Waals surface area contributed by atoms with Gasteiger partial charge in [-0.3, -0.25) is 0 Å². The van der Waals surface area contributed by atoms with E-state index in [1.165, 1.54) is 30.5 Å². The molecule has 1 fully saturated rings. The van der Waals surface area contributed by atoms with Gasteiger partial charge in [-0.25, -0.2) is 0 Å². The van der Waals surface area contributed by atoms with Gasteiger partial charge in [0.15, 0.2) is 0 Å². The number of ether oxygens (including phenoxy) is 1. The minimum Gasteiger partial charge on any atom is -0.492 e. The molecule has 0 bridgehead atoms. The molecule has 3 heteroatoms. The van der Waals surface area contributed by atoms with Crippen molar-refractivity contribution < 1.29 is 4.74 Å². The lowest BCUT2D eigenvalue weighted by molar-refractivity contribution is 0.337. The van der Waals surface area contributed by atoms with Gasteiger partial charge >= 0.3 is 0 Å². The van der Waals surface area contributed by atoms with E-state index in [1.807, 2.05) is 0 Å². The van der Waals surface area contributed by atoms with Gasteiger partial charge in [0.25, 0.3) is 0 Å². The van der Waals surface area contributed by atoms with Crippen LogP contribution in [-0.4, -0.2) is 26.2 Å². The average molecular weight is 290 g/mol. The maximum atomic E-state index is 5.90. The summed E-state index contributed by atoms with van der Waals surface area (Å²) in [6, 6.07) is 6.69. The van der Waals surface area contributed by atoms with E-state index < -0.39 is 0 Å². The second kappa shape index (κ2) is 8.28. The molecule has 1 heterocycles. The maximum absolute atomic E-state index is 5.90. The van der Waals surface area contributed by atoms with Gasteiger partial charge in [0.05, 0.1) is 12.3 Å². The first kappa shape index (κ1) is 16.2. The first-order valence-electron chi connectivity index (χ1n) is 8.46. The van der Waals surface area contributed by atoms with Gasteiger partial charge in [-0.2, -0.15) is 0 Å². The summed E-state index contributed by atoms with van der Waals surface area (Å²) in [5.74, 6) is 1.82. The van der Waals surface area contributed by atoms with Crippen LogP contribution in [0.5, 0.6) is 5.75 Å². The Bertz CT molecular complexity index is 433. The van der Waals surface area contributed by atoms with Crippen LogP contribution in [0.15, 0.2) is 18.2 Å². The Kier molecular flexibility index (Phi) is 6.37. The fourth-order valence-corrected chi connectivity index (χ4v) is 3.02. The standard InChI is InChI=1S/C18H30N2O/c1-4-10-19-13-16-8-9-17(18(12-16)21-5-2)20-11-6-7-15(3)14-20/h8-9,12,15,19H,4-7,10-11,13-14H2,1-3H3. The fraction of sp³-hybridized carbons (Fsp3) is 0.667. The number of benzene rings is 1. The molecule has 118 valence electrons. The summed E-state index contributed by atoms with van der Waals surface area (Å²) in [5.41, 5.74) is 2.57. The fourth-order valence-electron chi connectivity index (χ4n) is 3.02. The molecule has 1 saturated heterocycles. The molecule has 0 spiro atoms. The first-order chi connectivity index (χ1) is 10.2. The highest BCUT2D eigenvalue weighted by Crippen LogP contribution is 2.32. The molecular weight excluding hydrogens is 260 g/mol. The number of nitrogens with zero attached hydrogens (tertiary/aromatic N) is 1. The third kappa shape index (κ3) is 4.63. The quantitative estimate of drug-likeness (QED) is 0.773. The Hall–Kier alpha value is -1.22. The summed E-state index contributed by atoms with van der Waals surface area (Å²) in [4.78, 5) is 2.49. The SMILES string of the molecule is CCCNCc1ccc(N2CCCC(C)C2)c(OCC)c1. The van der Waals surface area contributed by atoms with Crippen LogP contribution in [0.25, 0.3) is 0 Å². The zero-order chi connectivity index (χ0) is 15.1. The third-order valence-corrected chi connectivity index (χ3v) is 4.08. The van der Waals surface area contributed by atoms with E-state index in [-0.39, 0.29) is 0 Å². The maximum Gasteiger partial charge on any atom is 0.142 e. The van der Waals surface area contributed by atoms with Crippen molar-refractivity contribution in [3.8, 4) is 5.75 Å². The number of piperidine rings is 1. The molecule has 0 amide bonds. The van der Waals surface area contributed by atoms with E-state index in [1.54, 1.807) is 0 Å². The van der Waals surface area contributed by atoms with Crippen LogP contribution in [-0.2, 0) is 6.54 Å². The Labute approximate surface area is 129 Å². The minimum atomic E-state index is 0.724. The van der Waals surface area contributed by atoms with Gasteiger partial charge in [-0.15, -0.1) is 0 Å². The summed E-state index contributed by atoms with van der Waals surface area (Å²) < 4.78 is 5.90. The number of hydrogen-bond donors (Lipinski definition) is 1. The van der Waals surface area contributed by atoms with Crippen LogP contribution in [0, 0.1) is 5.92 Å². The van der Waals surface area contributed by atoms with E-state index in [0.717, 1.165) is 44.5 Å². The van der Waals surface area contributed by atoms with E-state index >= 15 is 0 Å². The molecule has 1 atom stereocenters. The van der Waals surface area contributed by atoms with Gasteiger partial charge in [-0.05, 0) is 56.3 Å². The molecular formula is C18H30N2O. The topological polar surface area (TPSA) is 24.5 Å². The summed E-state index contributed by atoms with van der Waals surface area (Å²) in [5, 5.41) is 3.46. The number of rotatable bonds is 7.